The highest BCUT2D eigenvalue weighted by Crippen LogP contribution is 2.53. The average molecular weight is 483 g/mol. The Morgan fingerprint density at radius 1 is 1.23 bits per heavy atom. The van der Waals surface area contributed by atoms with E-state index in [1.807, 2.05) is 6.92 Å². The third kappa shape index (κ3) is 8.73. The second-order valence-corrected chi connectivity index (χ2v) is 9.83. The second kappa shape index (κ2) is 13.4. The summed E-state index contributed by atoms with van der Waals surface area (Å²) >= 11 is 5.54. The number of amides is 1. The van der Waals surface area contributed by atoms with Gasteiger partial charge in [-0.2, -0.15) is 0 Å². The van der Waals surface area contributed by atoms with Gasteiger partial charge >= 0.3 is 12.7 Å². The Kier molecular flexibility index (Phi) is 9.99. The van der Waals surface area contributed by atoms with Gasteiger partial charge in [-0.3, -0.25) is 9.59 Å². The van der Waals surface area contributed by atoms with Crippen molar-refractivity contribution in [2.75, 3.05) is 40.0 Å². The summed E-state index contributed by atoms with van der Waals surface area (Å²) in [5, 5.41) is 2.43. The molecule has 0 saturated carbocycles. The lowest BCUT2D eigenvalue weighted by Crippen LogP contribution is -2.32. The van der Waals surface area contributed by atoms with Gasteiger partial charge in [0.15, 0.2) is 0 Å². The maximum absolute atomic E-state index is 12.1. The van der Waals surface area contributed by atoms with Gasteiger partial charge in [-0.05, 0) is 18.2 Å². The number of ether oxygens (including phenoxy) is 3. The zero-order valence-electron chi connectivity index (χ0n) is 19.7. The molecule has 3 unspecified atom stereocenters. The molecule has 0 bridgehead atoms. The van der Waals surface area contributed by atoms with Gasteiger partial charge in [-0.15, -0.1) is 0 Å². The number of carbonyl (C=O) groups is 2. The van der Waals surface area contributed by atoms with Crippen molar-refractivity contribution in [2.45, 2.75) is 63.4 Å². The monoisotopic (exact) mass is 482 g/mol. The lowest BCUT2D eigenvalue weighted by Gasteiger charge is -2.28. The number of carbonyl (C=O) groups excluding carboxylic acids is 2. The van der Waals surface area contributed by atoms with Crippen molar-refractivity contribution >= 4 is 30.4 Å². The third-order valence-corrected chi connectivity index (χ3v) is 7.05. The Balaban J connectivity index is 1.98. The number of nitrogens with one attached hydrogen (secondary N) is 1. The van der Waals surface area contributed by atoms with Gasteiger partial charge in [0.05, 0.1) is 34.6 Å². The van der Waals surface area contributed by atoms with Crippen molar-refractivity contribution in [1.82, 2.24) is 5.32 Å². The van der Waals surface area contributed by atoms with Crippen molar-refractivity contribution in [1.29, 1.82) is 0 Å². The van der Waals surface area contributed by atoms with Crippen LogP contribution in [-0.4, -0.2) is 76.3 Å². The Hall–Kier alpha value is -1.12. The summed E-state index contributed by atoms with van der Waals surface area (Å²) in [6, 6.07) is 0. The van der Waals surface area contributed by atoms with E-state index in [1.54, 1.807) is 0 Å². The Labute approximate surface area is 191 Å². The molecule has 2 saturated heterocycles. The van der Waals surface area contributed by atoms with E-state index in [-0.39, 0.29) is 51.0 Å². The number of hydrogen-bond donors (Lipinski definition) is 1. The van der Waals surface area contributed by atoms with E-state index in [4.69, 9.17) is 48.9 Å². The first-order chi connectivity index (χ1) is 15.7. The molecule has 1 amide bonds. The molecule has 2 rings (SSSR count). The molecule has 176 valence electrons. The first-order valence-electron chi connectivity index (χ1n) is 11.3. The first-order valence-corrected chi connectivity index (χ1v) is 12.7. The van der Waals surface area contributed by atoms with Crippen molar-refractivity contribution in [3.8, 4) is 0 Å². The molecule has 7 atom stereocenters. The van der Waals surface area contributed by atoms with Crippen LogP contribution in [0, 0.1) is 6.57 Å². The number of hydrogen-bond acceptors (Lipinski definition) is 9. The first kappa shape index (κ1) is 23.1. The molecule has 2 aliphatic rings. The molecular formula is C19H31N2O8PS. The van der Waals surface area contributed by atoms with Gasteiger partial charge in [-0.25, -0.2) is 6.57 Å². The molecule has 0 aliphatic carbocycles. The highest BCUT2D eigenvalue weighted by Gasteiger charge is 2.38. The van der Waals surface area contributed by atoms with Gasteiger partial charge in [0.2, 0.25) is 12.5 Å². The Morgan fingerprint density at radius 2 is 1.94 bits per heavy atom. The van der Waals surface area contributed by atoms with E-state index < -0.39 is 44.2 Å². The number of rotatable bonds is 13. The molecule has 31 heavy (non-hydrogen) atoms. The second-order valence-electron chi connectivity index (χ2n) is 6.87. The SMILES string of the molecule is [3H]C1C[C@H](OC(=O)CCC(=O)NC)[C@@H](COP(=S)(OCC[N+]#[C-])O[C@H]2CC([3H])O[C@@H]2CC)O1. The van der Waals surface area contributed by atoms with Crippen LogP contribution >= 0.6 is 6.72 Å². The summed E-state index contributed by atoms with van der Waals surface area (Å²) in [5.74, 6) is -0.857. The van der Waals surface area contributed by atoms with E-state index in [1.165, 1.54) is 7.05 Å². The topological polar surface area (TPSA) is 106 Å². The van der Waals surface area contributed by atoms with E-state index in [9.17, 15) is 9.59 Å². The molecule has 0 aromatic heterocycles. The van der Waals surface area contributed by atoms with Gasteiger partial charge in [-0.1, -0.05) is 6.92 Å². The summed E-state index contributed by atoms with van der Waals surface area (Å²) in [6.45, 7) is 3.80. The summed E-state index contributed by atoms with van der Waals surface area (Å²) in [5.41, 5.74) is 0. The molecule has 0 aromatic rings. The highest BCUT2D eigenvalue weighted by atomic mass is 32.5. The highest BCUT2D eigenvalue weighted by molar-refractivity contribution is 8.07. The van der Waals surface area contributed by atoms with E-state index in [0.717, 1.165) is 0 Å². The van der Waals surface area contributed by atoms with Crippen LogP contribution in [0.2, 0.25) is 0 Å². The molecule has 2 aliphatic heterocycles. The summed E-state index contributed by atoms with van der Waals surface area (Å²) in [6.07, 6.45) is -1.33. The number of nitrogens with zero attached hydrogens (tertiary/aromatic N) is 1. The van der Waals surface area contributed by atoms with Crippen LogP contribution in [0.3, 0.4) is 0 Å². The van der Waals surface area contributed by atoms with Crippen LogP contribution in [0.1, 0.15) is 41.8 Å². The lowest BCUT2D eigenvalue weighted by atomic mass is 10.1. The minimum atomic E-state index is -3.35. The third-order valence-electron chi connectivity index (χ3n) is 4.66. The van der Waals surface area contributed by atoms with Crippen LogP contribution in [0.25, 0.3) is 4.85 Å². The zero-order valence-corrected chi connectivity index (χ0v) is 19.4. The zero-order chi connectivity index (χ0) is 24.4. The van der Waals surface area contributed by atoms with Crippen molar-refractivity contribution in [2.24, 2.45) is 0 Å². The van der Waals surface area contributed by atoms with Crippen molar-refractivity contribution < 1.29 is 40.1 Å². The Bertz CT molecular complexity index is 758. The summed E-state index contributed by atoms with van der Waals surface area (Å²) in [4.78, 5) is 26.7. The fourth-order valence-electron chi connectivity index (χ4n) is 2.96. The molecule has 2 fully saturated rings. The molecule has 0 spiro atoms. The fourth-order valence-corrected chi connectivity index (χ4v) is 5.09. The smallest absolute Gasteiger partial charge is 0.327 e. The molecule has 0 radical (unpaired) electrons. The van der Waals surface area contributed by atoms with Gasteiger partial charge in [0, 0.05) is 32.9 Å². The average Bonchev–Trinajstić information content (AvgIpc) is 3.31. The van der Waals surface area contributed by atoms with Gasteiger partial charge < -0.3 is 37.9 Å². The quantitative estimate of drug-likeness (QED) is 0.183. The largest absolute Gasteiger partial charge is 0.459 e. The Morgan fingerprint density at radius 3 is 2.61 bits per heavy atom. The standard InChI is InChI=1S/C19H31N2O8PS/c1-4-14-16(8-11-24-14)29-30(31,26-12-9-20-2)27-13-17-15(7-10-25-17)28-19(23)6-5-18(22)21-3/h14-17H,4-13H2,1,3H3,(H,21,22)/t14-,15+,16+,17-,30?/m1/s1/i10T,11T/t10?,11?,14-,15+,16+,17-,30?. The number of esters is 1. The van der Waals surface area contributed by atoms with Gasteiger partial charge in [0.25, 0.3) is 0 Å². The fraction of sp³-hybridized carbons (Fsp3) is 0.842. The molecule has 0 aromatic carbocycles. The van der Waals surface area contributed by atoms with Crippen molar-refractivity contribution in [3.05, 3.63) is 11.4 Å². The van der Waals surface area contributed by atoms with Crippen molar-refractivity contribution in [3.63, 3.8) is 0 Å². The van der Waals surface area contributed by atoms with E-state index >= 15 is 0 Å². The van der Waals surface area contributed by atoms with E-state index in [2.05, 4.69) is 10.2 Å². The molecule has 10 nitrogen and oxygen atoms in total. The van der Waals surface area contributed by atoms with Crippen LogP contribution in [0.4, 0.5) is 0 Å². The molecule has 12 heteroatoms. The predicted octanol–water partition coefficient (Wildman–Crippen LogP) is 1.97. The van der Waals surface area contributed by atoms with Crippen LogP contribution in [0.15, 0.2) is 0 Å². The van der Waals surface area contributed by atoms with Crippen LogP contribution in [0.5, 0.6) is 0 Å². The maximum atomic E-state index is 12.1. The summed E-state index contributed by atoms with van der Waals surface area (Å²) < 4.78 is 49.6. The predicted molar refractivity (Wildman–Crippen MR) is 115 cm³/mol. The van der Waals surface area contributed by atoms with Crippen LogP contribution < -0.4 is 5.32 Å². The van der Waals surface area contributed by atoms with Gasteiger partial charge in [0.1, 0.15) is 18.8 Å². The minimum Gasteiger partial charge on any atom is -0.459 e. The summed E-state index contributed by atoms with van der Waals surface area (Å²) in [7, 11) is 1.48. The normalized spacial score (nSPS) is 33.1. The molecule has 2 heterocycles. The minimum absolute atomic E-state index is 0.00301. The molecular weight excluding hydrogens is 447 g/mol. The maximum Gasteiger partial charge on any atom is 0.327 e. The lowest BCUT2D eigenvalue weighted by molar-refractivity contribution is -0.153. The van der Waals surface area contributed by atoms with E-state index in [0.29, 0.717) is 12.8 Å². The van der Waals surface area contributed by atoms with Crippen LogP contribution in [-0.2, 0) is 49.2 Å². The molecule has 1 N–H and O–H groups in total.